The number of aromatic amines is 1. The molecular formula is C18H12N6OS2. The first-order valence-corrected chi connectivity index (χ1v) is 9.84. The van der Waals surface area contributed by atoms with Crippen LogP contribution in [0.4, 0.5) is 0 Å². The molecule has 0 radical (unpaired) electrons. The third kappa shape index (κ3) is 3.72. The van der Waals surface area contributed by atoms with Crippen LogP contribution < -0.4 is 0 Å². The third-order valence-corrected chi connectivity index (χ3v) is 5.93. The van der Waals surface area contributed by atoms with Gasteiger partial charge in [-0.05, 0) is 33.9 Å². The molecule has 1 aliphatic heterocycles. The second-order valence-corrected chi connectivity index (χ2v) is 7.60. The summed E-state index contributed by atoms with van der Waals surface area (Å²) in [6.45, 7) is 0. The molecule has 7 nitrogen and oxygen atoms in total. The molecule has 1 unspecified atom stereocenters. The Kier molecular flexibility index (Phi) is 4.91. The molecule has 1 aromatic carbocycles. The normalized spacial score (nSPS) is 16.6. The van der Waals surface area contributed by atoms with Gasteiger partial charge in [-0.25, -0.2) is 4.99 Å². The van der Waals surface area contributed by atoms with E-state index in [1.54, 1.807) is 0 Å². The van der Waals surface area contributed by atoms with Crippen molar-refractivity contribution < 1.29 is 4.79 Å². The summed E-state index contributed by atoms with van der Waals surface area (Å²) in [5, 5.41) is 26.1. The third-order valence-electron chi connectivity index (χ3n) is 3.91. The van der Waals surface area contributed by atoms with Crippen LogP contribution in [0.5, 0.6) is 0 Å². The predicted octanol–water partition coefficient (Wildman–Crippen LogP) is 3.32. The zero-order valence-corrected chi connectivity index (χ0v) is 15.5. The Morgan fingerprint density at radius 3 is 2.96 bits per heavy atom. The number of aliphatic imine (C=N–C) groups is 1. The molecule has 0 bridgehead atoms. The average molecular weight is 392 g/mol. The molecule has 0 saturated carbocycles. The number of rotatable bonds is 4. The number of tetrazole rings is 1. The first-order valence-electron chi connectivity index (χ1n) is 7.98. The largest absolute Gasteiger partial charge is 0.270 e. The molecule has 0 aliphatic carbocycles. The minimum atomic E-state index is -0.535. The highest BCUT2D eigenvalue weighted by atomic mass is 32.2. The number of nitriles is 1. The van der Waals surface area contributed by atoms with Crippen LogP contribution in [0, 0.1) is 17.2 Å². The maximum atomic E-state index is 12.1. The van der Waals surface area contributed by atoms with Gasteiger partial charge in [0, 0.05) is 22.3 Å². The van der Waals surface area contributed by atoms with E-state index in [4.69, 9.17) is 0 Å². The number of hydrogen-bond donors (Lipinski definition) is 1. The number of benzene rings is 1. The van der Waals surface area contributed by atoms with E-state index in [2.05, 4.69) is 31.7 Å². The number of thiophene rings is 1. The molecule has 0 fully saturated rings. The van der Waals surface area contributed by atoms with E-state index in [0.29, 0.717) is 16.6 Å². The highest BCUT2D eigenvalue weighted by Gasteiger charge is 2.28. The molecule has 2 aromatic heterocycles. The van der Waals surface area contributed by atoms with Crippen molar-refractivity contribution >= 4 is 39.6 Å². The molecule has 27 heavy (non-hydrogen) atoms. The number of dihydropyridines is 1. The van der Waals surface area contributed by atoms with Crippen LogP contribution >= 0.6 is 23.1 Å². The van der Waals surface area contributed by atoms with E-state index in [0.717, 1.165) is 21.6 Å². The standard InChI is InChI=1S/C18H12N6OS2/c19-9-14-13(15-5-2-6-26-15)8-16(25)20-18(14)27-10-11-3-1-4-12(7-11)17-21-23-24-22-17/h1-8,14H,10H2,(H,21,22,23,24). The summed E-state index contributed by atoms with van der Waals surface area (Å²) in [4.78, 5) is 17.1. The van der Waals surface area contributed by atoms with Gasteiger partial charge < -0.3 is 0 Å². The zero-order chi connectivity index (χ0) is 18.6. The summed E-state index contributed by atoms with van der Waals surface area (Å²) >= 11 is 2.91. The van der Waals surface area contributed by atoms with Crippen molar-refractivity contribution in [3.63, 3.8) is 0 Å². The van der Waals surface area contributed by atoms with Crippen molar-refractivity contribution in [2.24, 2.45) is 10.9 Å². The van der Waals surface area contributed by atoms with Crippen molar-refractivity contribution in [3.05, 3.63) is 58.3 Å². The molecule has 1 amide bonds. The van der Waals surface area contributed by atoms with Gasteiger partial charge in [0.2, 0.25) is 5.82 Å². The van der Waals surface area contributed by atoms with Crippen LogP contribution in [0.25, 0.3) is 17.0 Å². The van der Waals surface area contributed by atoms with Gasteiger partial charge >= 0.3 is 0 Å². The van der Waals surface area contributed by atoms with Gasteiger partial charge in [-0.15, -0.1) is 33.3 Å². The summed E-state index contributed by atoms with van der Waals surface area (Å²) in [7, 11) is 0. The van der Waals surface area contributed by atoms with E-state index in [1.165, 1.54) is 29.2 Å². The number of nitrogens with zero attached hydrogens (tertiary/aromatic N) is 5. The van der Waals surface area contributed by atoms with Crippen LogP contribution in [0.1, 0.15) is 10.4 Å². The van der Waals surface area contributed by atoms with Crippen LogP contribution in [-0.4, -0.2) is 31.6 Å². The molecule has 3 heterocycles. The van der Waals surface area contributed by atoms with Gasteiger partial charge in [0.15, 0.2) is 0 Å². The highest BCUT2D eigenvalue weighted by Crippen LogP contribution is 2.35. The Morgan fingerprint density at radius 2 is 2.22 bits per heavy atom. The first kappa shape index (κ1) is 17.3. The van der Waals surface area contributed by atoms with Crippen LogP contribution in [0.3, 0.4) is 0 Å². The smallest absolute Gasteiger partial charge is 0.267 e. The van der Waals surface area contributed by atoms with Gasteiger partial charge in [-0.1, -0.05) is 24.3 Å². The number of carbonyl (C=O) groups excluding carboxylic acids is 1. The molecule has 1 aliphatic rings. The Bertz CT molecular complexity index is 1060. The average Bonchev–Trinajstić information content (AvgIpc) is 3.40. The lowest BCUT2D eigenvalue weighted by molar-refractivity contribution is -0.113. The minimum absolute atomic E-state index is 0.326. The molecule has 0 saturated heterocycles. The number of aromatic nitrogens is 4. The summed E-state index contributed by atoms with van der Waals surface area (Å²) in [5.41, 5.74) is 2.58. The van der Waals surface area contributed by atoms with Crippen LogP contribution in [0.2, 0.25) is 0 Å². The van der Waals surface area contributed by atoms with E-state index in [9.17, 15) is 10.1 Å². The fourth-order valence-electron chi connectivity index (χ4n) is 2.69. The number of amides is 1. The Morgan fingerprint density at radius 1 is 1.30 bits per heavy atom. The van der Waals surface area contributed by atoms with E-state index < -0.39 is 5.92 Å². The topological polar surface area (TPSA) is 108 Å². The van der Waals surface area contributed by atoms with Crippen LogP contribution in [-0.2, 0) is 10.5 Å². The fraction of sp³-hybridized carbons (Fsp3) is 0.111. The number of carbonyl (C=O) groups is 1. The lowest BCUT2D eigenvalue weighted by atomic mass is 9.97. The van der Waals surface area contributed by atoms with E-state index in [1.807, 2.05) is 41.8 Å². The monoisotopic (exact) mass is 392 g/mol. The van der Waals surface area contributed by atoms with Gasteiger partial charge in [0.1, 0.15) is 5.92 Å². The minimum Gasteiger partial charge on any atom is -0.267 e. The number of nitrogens with one attached hydrogen (secondary N) is 1. The van der Waals surface area contributed by atoms with Crippen molar-refractivity contribution in [2.75, 3.05) is 0 Å². The molecule has 1 atom stereocenters. The lowest BCUT2D eigenvalue weighted by Gasteiger charge is -2.18. The Balaban J connectivity index is 1.53. The lowest BCUT2D eigenvalue weighted by Crippen LogP contribution is -2.18. The van der Waals surface area contributed by atoms with Crippen molar-refractivity contribution in [2.45, 2.75) is 5.75 Å². The maximum Gasteiger partial charge on any atom is 0.270 e. The van der Waals surface area contributed by atoms with Crippen molar-refractivity contribution in [3.8, 4) is 17.5 Å². The Hall–Kier alpha value is -3.09. The summed E-state index contributed by atoms with van der Waals surface area (Å²) in [5.74, 6) is 0.234. The first-order chi connectivity index (χ1) is 13.2. The molecule has 0 spiro atoms. The van der Waals surface area contributed by atoms with Crippen molar-refractivity contribution in [1.82, 2.24) is 20.6 Å². The Labute approximate surface area is 162 Å². The summed E-state index contributed by atoms with van der Waals surface area (Å²) in [6, 6.07) is 13.8. The van der Waals surface area contributed by atoms with E-state index in [-0.39, 0.29) is 5.91 Å². The number of H-pyrrole nitrogens is 1. The quantitative estimate of drug-likeness (QED) is 0.730. The van der Waals surface area contributed by atoms with Gasteiger partial charge in [-0.2, -0.15) is 10.5 Å². The zero-order valence-electron chi connectivity index (χ0n) is 13.9. The predicted molar refractivity (Wildman–Crippen MR) is 105 cm³/mol. The molecule has 132 valence electrons. The molecule has 3 aromatic rings. The molecular weight excluding hydrogens is 380 g/mol. The second kappa shape index (κ2) is 7.65. The van der Waals surface area contributed by atoms with Crippen LogP contribution in [0.15, 0.2) is 52.8 Å². The molecule has 4 rings (SSSR count). The summed E-state index contributed by atoms with van der Waals surface area (Å²) in [6.07, 6.45) is 1.46. The van der Waals surface area contributed by atoms with Gasteiger partial charge in [0.25, 0.3) is 5.91 Å². The number of thioether (sulfide) groups is 1. The summed E-state index contributed by atoms with van der Waals surface area (Å²) < 4.78 is 0. The second-order valence-electron chi connectivity index (χ2n) is 5.65. The fourth-order valence-corrected chi connectivity index (χ4v) is 4.46. The number of hydrogen-bond acceptors (Lipinski definition) is 7. The highest BCUT2D eigenvalue weighted by molar-refractivity contribution is 8.13. The van der Waals surface area contributed by atoms with Gasteiger partial charge in [0.05, 0.1) is 11.1 Å². The van der Waals surface area contributed by atoms with Gasteiger partial charge in [-0.3, -0.25) is 4.79 Å². The molecule has 9 heteroatoms. The SMILES string of the molecule is N#CC1C(c2cccs2)=CC(=O)N=C1SCc1cccc(-c2nn[nH]n2)c1. The molecule has 1 N–H and O–H groups in total. The maximum absolute atomic E-state index is 12.1. The number of allylic oxidation sites excluding steroid dienone is 1. The van der Waals surface area contributed by atoms with E-state index >= 15 is 0 Å². The van der Waals surface area contributed by atoms with Crippen molar-refractivity contribution in [1.29, 1.82) is 5.26 Å².